The summed E-state index contributed by atoms with van der Waals surface area (Å²) < 4.78 is 1.66. The fourth-order valence-electron chi connectivity index (χ4n) is 2.85. The van der Waals surface area contributed by atoms with Crippen LogP contribution >= 0.6 is 11.3 Å². The molecule has 2 aromatic rings. The van der Waals surface area contributed by atoms with E-state index in [0.29, 0.717) is 33.6 Å². The highest BCUT2D eigenvalue weighted by Crippen LogP contribution is 2.28. The Balaban J connectivity index is 2.05. The Bertz CT molecular complexity index is 868. The molecule has 1 unspecified atom stereocenters. The van der Waals surface area contributed by atoms with Gasteiger partial charge in [-0.1, -0.05) is 6.92 Å². The first kappa shape index (κ1) is 15.7. The molecule has 8 heteroatoms. The van der Waals surface area contributed by atoms with Gasteiger partial charge in [0.05, 0.1) is 10.3 Å². The van der Waals surface area contributed by atoms with Crippen LogP contribution in [-0.2, 0) is 17.8 Å². The van der Waals surface area contributed by atoms with E-state index in [-0.39, 0.29) is 5.56 Å². The summed E-state index contributed by atoms with van der Waals surface area (Å²) in [5.41, 5.74) is 0.461. The lowest BCUT2D eigenvalue weighted by Crippen LogP contribution is -2.40. The Kier molecular flexibility index (Phi) is 3.93. The molecule has 0 fully saturated rings. The van der Waals surface area contributed by atoms with Crippen LogP contribution in [0.2, 0.25) is 0 Å². The van der Waals surface area contributed by atoms with Gasteiger partial charge >= 0.3 is 5.97 Å². The summed E-state index contributed by atoms with van der Waals surface area (Å²) in [4.78, 5) is 41.4. The summed E-state index contributed by atoms with van der Waals surface area (Å²) in [6.07, 6.45) is 1.96. The van der Waals surface area contributed by atoms with Gasteiger partial charge in [0.2, 0.25) is 0 Å². The fraction of sp³-hybridized carbons (Fsp3) is 0.467. The van der Waals surface area contributed by atoms with Crippen LogP contribution in [0.15, 0.2) is 4.79 Å². The number of thiophene rings is 1. The smallest absolute Gasteiger partial charge is 0.326 e. The summed E-state index contributed by atoms with van der Waals surface area (Å²) >= 11 is 1.15. The van der Waals surface area contributed by atoms with E-state index in [2.05, 4.69) is 10.3 Å². The van der Waals surface area contributed by atoms with Crippen molar-refractivity contribution in [1.82, 2.24) is 14.9 Å². The van der Waals surface area contributed by atoms with Gasteiger partial charge in [-0.25, -0.2) is 9.78 Å². The number of carboxylic acids is 1. The topological polar surface area (TPSA) is 101 Å². The minimum atomic E-state index is -1.07. The number of rotatable bonds is 4. The maximum atomic E-state index is 12.6. The first-order chi connectivity index (χ1) is 10.9. The summed E-state index contributed by atoms with van der Waals surface area (Å²) in [5.74, 6) is -0.784. The zero-order chi connectivity index (χ0) is 16.7. The van der Waals surface area contributed by atoms with Crippen molar-refractivity contribution in [3.63, 3.8) is 0 Å². The Hall–Kier alpha value is -2.22. The lowest BCUT2D eigenvalue weighted by molar-refractivity contribution is -0.139. The maximum absolute atomic E-state index is 12.6. The molecular weight excluding hydrogens is 318 g/mol. The lowest BCUT2D eigenvalue weighted by Gasteiger charge is -2.11. The number of nitrogens with zero attached hydrogens (tertiary/aromatic N) is 2. The molecule has 3 rings (SSSR count). The number of aryl methyl sites for hydroxylation is 2. The van der Waals surface area contributed by atoms with E-state index >= 15 is 0 Å². The van der Waals surface area contributed by atoms with Crippen LogP contribution in [0.1, 0.15) is 40.8 Å². The van der Waals surface area contributed by atoms with E-state index in [1.165, 1.54) is 0 Å². The molecule has 122 valence electrons. The predicted molar refractivity (Wildman–Crippen MR) is 86.1 cm³/mol. The fourth-order valence-corrected chi connectivity index (χ4v) is 3.95. The van der Waals surface area contributed by atoms with Gasteiger partial charge in [0, 0.05) is 13.0 Å². The van der Waals surface area contributed by atoms with E-state index in [4.69, 9.17) is 5.11 Å². The van der Waals surface area contributed by atoms with Gasteiger partial charge in [0.15, 0.2) is 0 Å². The Morgan fingerprint density at radius 2 is 2.22 bits per heavy atom. The predicted octanol–water partition coefficient (Wildman–Crippen LogP) is 1.31. The summed E-state index contributed by atoms with van der Waals surface area (Å²) in [5, 5.41) is 12.0. The van der Waals surface area contributed by atoms with E-state index < -0.39 is 17.9 Å². The number of carboxylic acid groups (broad SMARTS) is 1. The molecule has 23 heavy (non-hydrogen) atoms. The van der Waals surface area contributed by atoms with Crippen LogP contribution in [0.5, 0.6) is 0 Å². The van der Waals surface area contributed by atoms with Crippen molar-refractivity contribution in [1.29, 1.82) is 0 Å². The molecule has 0 radical (unpaired) electrons. The average Bonchev–Trinajstić information content (AvgIpc) is 3.09. The quantitative estimate of drug-likeness (QED) is 0.877. The molecule has 7 nitrogen and oxygen atoms in total. The highest BCUT2D eigenvalue weighted by molar-refractivity contribution is 7.20. The number of fused-ring (bicyclic) bond motifs is 2. The van der Waals surface area contributed by atoms with Crippen LogP contribution in [0.3, 0.4) is 0 Å². The van der Waals surface area contributed by atoms with Crippen LogP contribution in [0.4, 0.5) is 0 Å². The normalized spacial score (nSPS) is 14.7. The SMILES string of the molecule is CCC(NC(=O)c1sc2nc3n(c(=O)c2c1C)CCC3)C(=O)O. The van der Waals surface area contributed by atoms with Crippen molar-refractivity contribution in [3.8, 4) is 0 Å². The first-order valence-corrected chi connectivity index (χ1v) is 8.32. The van der Waals surface area contributed by atoms with Crippen LogP contribution in [0, 0.1) is 6.92 Å². The number of carbonyl (C=O) groups is 2. The van der Waals surface area contributed by atoms with Crippen molar-refractivity contribution < 1.29 is 14.7 Å². The molecule has 0 spiro atoms. The Morgan fingerprint density at radius 3 is 2.87 bits per heavy atom. The lowest BCUT2D eigenvalue weighted by atomic mass is 10.2. The highest BCUT2D eigenvalue weighted by atomic mass is 32.1. The molecule has 1 atom stereocenters. The van der Waals surface area contributed by atoms with Gasteiger partial charge in [-0.2, -0.15) is 0 Å². The molecular formula is C15H17N3O4S. The molecule has 1 aliphatic heterocycles. The van der Waals surface area contributed by atoms with Crippen molar-refractivity contribution in [2.24, 2.45) is 0 Å². The summed E-state index contributed by atoms with van der Waals surface area (Å²) in [6.45, 7) is 4.06. The van der Waals surface area contributed by atoms with Crippen LogP contribution in [0.25, 0.3) is 10.2 Å². The Labute approximate surface area is 136 Å². The number of aromatic nitrogens is 2. The second-order valence-electron chi connectivity index (χ2n) is 5.60. The third-order valence-corrected chi connectivity index (χ3v) is 5.31. The van der Waals surface area contributed by atoms with Gasteiger partial charge in [-0.3, -0.25) is 14.2 Å². The number of amides is 1. The van der Waals surface area contributed by atoms with Crippen molar-refractivity contribution in [2.45, 2.75) is 45.7 Å². The monoisotopic (exact) mass is 335 g/mol. The van der Waals surface area contributed by atoms with E-state index in [9.17, 15) is 14.4 Å². The molecule has 0 saturated heterocycles. The minimum absolute atomic E-state index is 0.111. The molecule has 1 aliphatic rings. The van der Waals surface area contributed by atoms with Crippen molar-refractivity contribution in [2.75, 3.05) is 0 Å². The van der Waals surface area contributed by atoms with Gasteiger partial charge in [-0.15, -0.1) is 11.3 Å². The van der Waals surface area contributed by atoms with Crippen molar-refractivity contribution in [3.05, 3.63) is 26.6 Å². The maximum Gasteiger partial charge on any atom is 0.326 e. The van der Waals surface area contributed by atoms with Gasteiger partial charge < -0.3 is 10.4 Å². The van der Waals surface area contributed by atoms with Crippen LogP contribution < -0.4 is 10.9 Å². The number of hydrogen-bond acceptors (Lipinski definition) is 5. The summed E-state index contributed by atoms with van der Waals surface area (Å²) in [6, 6.07) is -0.939. The highest BCUT2D eigenvalue weighted by Gasteiger charge is 2.25. The van der Waals surface area contributed by atoms with E-state index in [0.717, 1.165) is 30.0 Å². The van der Waals surface area contributed by atoms with Gasteiger partial charge in [0.1, 0.15) is 16.7 Å². The third kappa shape index (κ3) is 2.52. The molecule has 0 saturated carbocycles. The second kappa shape index (κ2) is 5.77. The zero-order valence-electron chi connectivity index (χ0n) is 12.9. The number of nitrogens with one attached hydrogen (secondary N) is 1. The van der Waals surface area contributed by atoms with E-state index in [1.54, 1.807) is 18.4 Å². The molecule has 2 N–H and O–H groups in total. The first-order valence-electron chi connectivity index (χ1n) is 7.50. The number of carbonyl (C=O) groups excluding carboxylic acids is 1. The minimum Gasteiger partial charge on any atom is -0.480 e. The molecule has 1 amide bonds. The Morgan fingerprint density at radius 1 is 1.48 bits per heavy atom. The molecule has 0 aliphatic carbocycles. The second-order valence-corrected chi connectivity index (χ2v) is 6.60. The van der Waals surface area contributed by atoms with Gasteiger partial charge in [-0.05, 0) is 25.3 Å². The standard InChI is InChI=1S/C15H17N3O4S/c1-3-8(15(21)22)16-12(19)11-7(2)10-13(23-11)17-9-5-4-6-18(9)14(10)20/h8H,3-6H2,1-2H3,(H,16,19)(H,21,22). The van der Waals surface area contributed by atoms with Crippen LogP contribution in [-0.4, -0.2) is 32.6 Å². The number of hydrogen-bond donors (Lipinski definition) is 2. The molecule has 3 heterocycles. The molecule has 2 aromatic heterocycles. The van der Waals surface area contributed by atoms with Crippen molar-refractivity contribution >= 4 is 33.4 Å². The average molecular weight is 335 g/mol. The third-order valence-electron chi connectivity index (χ3n) is 4.13. The molecule has 0 bridgehead atoms. The zero-order valence-corrected chi connectivity index (χ0v) is 13.7. The van der Waals surface area contributed by atoms with Gasteiger partial charge in [0.25, 0.3) is 11.5 Å². The summed E-state index contributed by atoms with van der Waals surface area (Å²) in [7, 11) is 0. The largest absolute Gasteiger partial charge is 0.480 e. The van der Waals surface area contributed by atoms with E-state index in [1.807, 2.05) is 0 Å². The number of aliphatic carboxylic acids is 1. The molecule has 0 aromatic carbocycles.